The van der Waals surface area contributed by atoms with Crippen LogP contribution in [0.4, 0.5) is 0 Å². The van der Waals surface area contributed by atoms with Gasteiger partial charge in [0.15, 0.2) is 0 Å². The monoisotopic (exact) mass is 375 g/mol. The molecule has 4 fully saturated rings. The zero-order valence-corrected chi connectivity index (χ0v) is 16.8. The minimum Gasteiger partial charge on any atom is -0.497 e. The van der Waals surface area contributed by atoms with Crippen LogP contribution in [0.1, 0.15) is 54.4 Å². The second-order valence-electron chi connectivity index (χ2n) is 9.43. The van der Waals surface area contributed by atoms with Crippen LogP contribution in [0, 0.1) is 24.7 Å². The molecule has 3 nitrogen and oxygen atoms in total. The van der Waals surface area contributed by atoms with E-state index in [-0.39, 0.29) is 11.4 Å². The molecule has 4 aliphatic carbocycles. The Morgan fingerprint density at radius 3 is 2.14 bits per heavy atom. The van der Waals surface area contributed by atoms with Gasteiger partial charge in [0, 0.05) is 11.1 Å². The summed E-state index contributed by atoms with van der Waals surface area (Å²) < 4.78 is 5.44. The number of hydrogen-bond donors (Lipinski definition) is 1. The minimum atomic E-state index is 0.0241. The SMILES string of the molecule is COc1ccc(C(=O)NC23CC4CC(CC(C4)C2)C3)c(-c2ccc(C)cc2)c1. The topological polar surface area (TPSA) is 38.3 Å². The molecule has 1 N–H and O–H groups in total. The van der Waals surface area contributed by atoms with Crippen LogP contribution in [0.2, 0.25) is 0 Å². The van der Waals surface area contributed by atoms with Crippen molar-refractivity contribution in [2.75, 3.05) is 7.11 Å². The zero-order valence-electron chi connectivity index (χ0n) is 16.8. The van der Waals surface area contributed by atoms with Crippen molar-refractivity contribution < 1.29 is 9.53 Å². The number of carbonyl (C=O) groups excluding carboxylic acids is 1. The van der Waals surface area contributed by atoms with Crippen LogP contribution in [0.5, 0.6) is 5.75 Å². The van der Waals surface area contributed by atoms with Gasteiger partial charge in [-0.25, -0.2) is 0 Å². The summed E-state index contributed by atoms with van der Waals surface area (Å²) in [5.41, 5.74) is 3.99. The summed E-state index contributed by atoms with van der Waals surface area (Å²) in [5.74, 6) is 3.30. The van der Waals surface area contributed by atoms with Gasteiger partial charge in [0.25, 0.3) is 5.91 Å². The number of amides is 1. The van der Waals surface area contributed by atoms with E-state index in [1.807, 2.05) is 18.2 Å². The van der Waals surface area contributed by atoms with Crippen molar-refractivity contribution in [3.05, 3.63) is 53.6 Å². The molecular weight excluding hydrogens is 346 g/mol. The molecule has 0 heterocycles. The lowest BCUT2D eigenvalue weighted by Crippen LogP contribution is -2.59. The summed E-state index contributed by atoms with van der Waals surface area (Å²) in [6.45, 7) is 2.08. The molecule has 4 saturated carbocycles. The van der Waals surface area contributed by atoms with Crippen LogP contribution >= 0.6 is 0 Å². The first-order chi connectivity index (χ1) is 13.5. The largest absolute Gasteiger partial charge is 0.497 e. The van der Waals surface area contributed by atoms with E-state index in [2.05, 4.69) is 36.5 Å². The van der Waals surface area contributed by atoms with Crippen LogP contribution < -0.4 is 10.1 Å². The van der Waals surface area contributed by atoms with Crippen molar-refractivity contribution >= 4 is 5.91 Å². The molecule has 1 amide bonds. The fourth-order valence-corrected chi connectivity index (χ4v) is 6.39. The summed E-state index contributed by atoms with van der Waals surface area (Å²) in [6.07, 6.45) is 7.65. The maximum Gasteiger partial charge on any atom is 0.252 e. The Labute approximate surface area is 167 Å². The number of aryl methyl sites for hydroxylation is 1. The van der Waals surface area contributed by atoms with E-state index >= 15 is 0 Å². The third-order valence-corrected chi connectivity index (χ3v) is 7.25. The average Bonchev–Trinajstić information content (AvgIpc) is 2.66. The Hall–Kier alpha value is -2.29. The Morgan fingerprint density at radius 2 is 1.57 bits per heavy atom. The van der Waals surface area contributed by atoms with Gasteiger partial charge in [-0.15, -0.1) is 0 Å². The summed E-state index contributed by atoms with van der Waals surface area (Å²) in [7, 11) is 1.67. The molecule has 28 heavy (non-hydrogen) atoms. The van der Waals surface area contributed by atoms with Crippen molar-refractivity contribution in [2.24, 2.45) is 17.8 Å². The van der Waals surface area contributed by atoms with Crippen molar-refractivity contribution in [1.82, 2.24) is 5.32 Å². The fraction of sp³-hybridized carbons (Fsp3) is 0.480. The van der Waals surface area contributed by atoms with Crippen molar-refractivity contribution in [3.8, 4) is 16.9 Å². The first kappa shape index (κ1) is 17.8. The molecule has 0 spiro atoms. The molecule has 6 rings (SSSR count). The molecular formula is C25H29NO2. The number of nitrogens with one attached hydrogen (secondary N) is 1. The molecule has 0 unspecified atom stereocenters. The van der Waals surface area contributed by atoms with Crippen LogP contribution in [0.15, 0.2) is 42.5 Å². The fourth-order valence-electron chi connectivity index (χ4n) is 6.39. The quantitative estimate of drug-likeness (QED) is 0.780. The predicted molar refractivity (Wildman–Crippen MR) is 112 cm³/mol. The van der Waals surface area contributed by atoms with Gasteiger partial charge in [-0.1, -0.05) is 29.8 Å². The van der Waals surface area contributed by atoms with Crippen LogP contribution in [-0.2, 0) is 0 Å². The molecule has 0 atom stereocenters. The molecule has 3 heteroatoms. The lowest BCUT2D eigenvalue weighted by atomic mass is 9.53. The Kier molecular flexibility index (Phi) is 4.22. The van der Waals surface area contributed by atoms with Gasteiger partial charge >= 0.3 is 0 Å². The highest BCUT2D eigenvalue weighted by Gasteiger charge is 2.51. The van der Waals surface area contributed by atoms with Gasteiger partial charge in [0.05, 0.1) is 7.11 Å². The molecule has 0 aliphatic heterocycles. The molecule has 0 saturated heterocycles. The molecule has 2 aromatic rings. The highest BCUT2D eigenvalue weighted by Crippen LogP contribution is 2.55. The maximum atomic E-state index is 13.4. The average molecular weight is 376 g/mol. The zero-order chi connectivity index (χ0) is 19.3. The van der Waals surface area contributed by atoms with Crippen LogP contribution in [-0.4, -0.2) is 18.6 Å². The lowest BCUT2D eigenvalue weighted by Gasteiger charge is -2.56. The number of rotatable bonds is 4. The molecule has 4 aliphatic rings. The summed E-state index contributed by atoms with van der Waals surface area (Å²) in [4.78, 5) is 13.4. The third kappa shape index (κ3) is 3.11. The second kappa shape index (κ2) is 6.65. The van der Waals surface area contributed by atoms with E-state index in [1.54, 1.807) is 7.11 Å². The van der Waals surface area contributed by atoms with Gasteiger partial charge in [-0.3, -0.25) is 4.79 Å². The second-order valence-corrected chi connectivity index (χ2v) is 9.43. The summed E-state index contributed by atoms with van der Waals surface area (Å²) >= 11 is 0. The molecule has 4 bridgehead atoms. The number of ether oxygens (including phenoxy) is 1. The summed E-state index contributed by atoms with van der Waals surface area (Å²) in [6, 6.07) is 14.2. The van der Waals surface area contributed by atoms with E-state index in [1.165, 1.54) is 44.1 Å². The standard InChI is InChI=1S/C25H29NO2/c1-16-3-5-20(6-4-16)23-12-21(28-2)7-8-22(23)24(27)26-25-13-17-9-18(14-25)11-19(10-17)15-25/h3-8,12,17-19H,9-11,13-15H2,1-2H3,(H,26,27). The molecule has 146 valence electrons. The minimum absolute atomic E-state index is 0.0241. The maximum absolute atomic E-state index is 13.4. The van der Waals surface area contributed by atoms with Crippen LogP contribution in [0.3, 0.4) is 0 Å². The predicted octanol–water partition coefficient (Wildman–Crippen LogP) is 5.37. The Balaban J connectivity index is 1.47. The van der Waals surface area contributed by atoms with Crippen molar-refractivity contribution in [3.63, 3.8) is 0 Å². The van der Waals surface area contributed by atoms with Crippen molar-refractivity contribution in [2.45, 2.75) is 51.0 Å². The first-order valence-electron chi connectivity index (χ1n) is 10.6. The van der Waals surface area contributed by atoms with Gasteiger partial charge in [-0.05, 0) is 92.5 Å². The molecule has 0 radical (unpaired) electrons. The van der Waals surface area contributed by atoms with Gasteiger partial charge in [-0.2, -0.15) is 0 Å². The number of carbonyl (C=O) groups is 1. The van der Waals surface area contributed by atoms with E-state index in [0.29, 0.717) is 0 Å². The van der Waals surface area contributed by atoms with Crippen molar-refractivity contribution in [1.29, 1.82) is 0 Å². The van der Waals surface area contributed by atoms with E-state index < -0.39 is 0 Å². The number of hydrogen-bond acceptors (Lipinski definition) is 2. The molecule has 2 aromatic carbocycles. The van der Waals surface area contributed by atoms with E-state index in [9.17, 15) is 4.79 Å². The highest BCUT2D eigenvalue weighted by atomic mass is 16.5. The van der Waals surface area contributed by atoms with Crippen LogP contribution in [0.25, 0.3) is 11.1 Å². The number of benzene rings is 2. The Morgan fingerprint density at radius 1 is 0.964 bits per heavy atom. The van der Waals surface area contributed by atoms with Gasteiger partial charge in [0.2, 0.25) is 0 Å². The number of methoxy groups -OCH3 is 1. The van der Waals surface area contributed by atoms with Gasteiger partial charge in [0.1, 0.15) is 5.75 Å². The van der Waals surface area contributed by atoms with Gasteiger partial charge < -0.3 is 10.1 Å². The normalized spacial score (nSPS) is 30.3. The van der Waals surface area contributed by atoms with E-state index in [0.717, 1.165) is 40.2 Å². The third-order valence-electron chi connectivity index (χ3n) is 7.25. The lowest BCUT2D eigenvalue weighted by molar-refractivity contribution is -0.0166. The smallest absolute Gasteiger partial charge is 0.252 e. The highest BCUT2D eigenvalue weighted by molar-refractivity contribution is 6.01. The van der Waals surface area contributed by atoms with E-state index in [4.69, 9.17) is 4.74 Å². The first-order valence-corrected chi connectivity index (χ1v) is 10.6. The summed E-state index contributed by atoms with van der Waals surface area (Å²) in [5, 5.41) is 3.52. The molecule has 0 aromatic heterocycles. The Bertz CT molecular complexity index is 864.